The Morgan fingerprint density at radius 1 is 1.24 bits per heavy atom. The Morgan fingerprint density at radius 2 is 1.90 bits per heavy atom. The highest BCUT2D eigenvalue weighted by Gasteiger charge is 2.33. The van der Waals surface area contributed by atoms with Crippen molar-refractivity contribution in [2.24, 2.45) is 16.8 Å². The molecule has 2 N–H and O–H groups in total. The molecule has 1 saturated heterocycles. The molecule has 0 aromatic heterocycles. The van der Waals surface area contributed by atoms with Crippen molar-refractivity contribution < 1.29 is 0 Å². The van der Waals surface area contributed by atoms with Crippen LogP contribution in [0.5, 0.6) is 0 Å². The molecular formula is C16H33IN4. The fraction of sp³-hybridized carbons (Fsp3) is 0.938. The van der Waals surface area contributed by atoms with E-state index in [0.717, 1.165) is 30.9 Å². The molecule has 21 heavy (non-hydrogen) atoms. The van der Waals surface area contributed by atoms with Gasteiger partial charge in [-0.3, -0.25) is 4.99 Å². The van der Waals surface area contributed by atoms with E-state index in [9.17, 15) is 0 Å². The molecular weight excluding hydrogens is 375 g/mol. The number of hydrogen-bond donors (Lipinski definition) is 2. The molecule has 0 amide bonds. The van der Waals surface area contributed by atoms with Gasteiger partial charge in [0.1, 0.15) is 0 Å². The predicted octanol–water partition coefficient (Wildman–Crippen LogP) is 2.69. The molecule has 1 heterocycles. The molecule has 2 aliphatic rings. The molecule has 0 aromatic carbocycles. The van der Waals surface area contributed by atoms with E-state index in [1.807, 2.05) is 0 Å². The molecule has 5 heteroatoms. The van der Waals surface area contributed by atoms with Crippen LogP contribution in [0, 0.1) is 11.8 Å². The van der Waals surface area contributed by atoms with Crippen LogP contribution < -0.4 is 10.6 Å². The van der Waals surface area contributed by atoms with E-state index < -0.39 is 0 Å². The molecule has 2 rings (SSSR count). The predicted molar refractivity (Wildman–Crippen MR) is 102 cm³/mol. The maximum absolute atomic E-state index is 4.74. The Morgan fingerprint density at radius 3 is 2.43 bits per heavy atom. The molecule has 0 bridgehead atoms. The minimum atomic E-state index is 0. The summed E-state index contributed by atoms with van der Waals surface area (Å²) < 4.78 is 0. The van der Waals surface area contributed by atoms with Crippen molar-refractivity contribution in [1.29, 1.82) is 0 Å². The van der Waals surface area contributed by atoms with Gasteiger partial charge in [-0.2, -0.15) is 0 Å². The maximum Gasteiger partial charge on any atom is 0.191 e. The van der Waals surface area contributed by atoms with Crippen molar-refractivity contribution in [2.75, 3.05) is 32.7 Å². The number of hydrogen-bond acceptors (Lipinski definition) is 2. The minimum absolute atomic E-state index is 0. The molecule has 0 spiro atoms. The molecule has 0 aromatic rings. The Kier molecular flexibility index (Phi) is 8.94. The summed E-state index contributed by atoms with van der Waals surface area (Å²) in [6, 6.07) is 0.653. The molecule has 1 aliphatic heterocycles. The second-order valence-corrected chi connectivity index (χ2v) is 6.39. The van der Waals surface area contributed by atoms with Gasteiger partial charge in [-0.05, 0) is 64.1 Å². The van der Waals surface area contributed by atoms with E-state index in [-0.39, 0.29) is 24.0 Å². The lowest BCUT2D eigenvalue weighted by atomic mass is 9.94. The van der Waals surface area contributed by atoms with Gasteiger partial charge in [0.15, 0.2) is 5.96 Å². The highest BCUT2D eigenvalue weighted by molar-refractivity contribution is 14.0. The average Bonchev–Trinajstić information content (AvgIpc) is 3.15. The van der Waals surface area contributed by atoms with Crippen LogP contribution in [0.25, 0.3) is 0 Å². The number of nitrogens with one attached hydrogen (secondary N) is 2. The zero-order chi connectivity index (χ0) is 14.4. The first-order valence-corrected chi connectivity index (χ1v) is 8.50. The number of likely N-dealkylation sites (tertiary alicyclic amines) is 1. The molecule has 4 nitrogen and oxygen atoms in total. The summed E-state index contributed by atoms with van der Waals surface area (Å²) in [7, 11) is 0. The normalized spacial score (nSPS) is 27.1. The molecule has 124 valence electrons. The third kappa shape index (κ3) is 6.72. The monoisotopic (exact) mass is 408 g/mol. The first-order chi connectivity index (χ1) is 9.72. The van der Waals surface area contributed by atoms with Crippen LogP contribution >= 0.6 is 24.0 Å². The van der Waals surface area contributed by atoms with Crippen molar-refractivity contribution >= 4 is 29.9 Å². The highest BCUT2D eigenvalue weighted by atomic mass is 127. The van der Waals surface area contributed by atoms with Gasteiger partial charge in [0.2, 0.25) is 0 Å². The molecule has 0 radical (unpaired) electrons. The quantitative estimate of drug-likeness (QED) is 0.403. The Balaban J connectivity index is 0.00000220. The van der Waals surface area contributed by atoms with Crippen molar-refractivity contribution in [3.05, 3.63) is 0 Å². The average molecular weight is 408 g/mol. The van der Waals surface area contributed by atoms with E-state index in [1.165, 1.54) is 45.3 Å². The third-order valence-electron chi connectivity index (χ3n) is 4.74. The van der Waals surface area contributed by atoms with Crippen LogP contribution in [-0.2, 0) is 0 Å². The molecule has 1 aliphatic carbocycles. The van der Waals surface area contributed by atoms with Crippen LogP contribution in [0.3, 0.4) is 0 Å². The van der Waals surface area contributed by atoms with Gasteiger partial charge in [-0.15, -0.1) is 24.0 Å². The maximum atomic E-state index is 4.74. The van der Waals surface area contributed by atoms with E-state index in [0.29, 0.717) is 6.04 Å². The van der Waals surface area contributed by atoms with Gasteiger partial charge in [0.05, 0.1) is 0 Å². The van der Waals surface area contributed by atoms with Crippen LogP contribution in [0.2, 0.25) is 0 Å². The first-order valence-electron chi connectivity index (χ1n) is 8.50. The second kappa shape index (κ2) is 9.87. The Labute approximate surface area is 147 Å². The zero-order valence-corrected chi connectivity index (χ0v) is 16.2. The number of aliphatic imine (C=N–C) groups is 1. The fourth-order valence-corrected chi connectivity index (χ4v) is 2.97. The van der Waals surface area contributed by atoms with Gasteiger partial charge in [0, 0.05) is 19.1 Å². The van der Waals surface area contributed by atoms with Gasteiger partial charge in [-0.25, -0.2) is 0 Å². The first kappa shape index (κ1) is 19.0. The summed E-state index contributed by atoms with van der Waals surface area (Å²) in [5.74, 6) is 2.72. The molecule has 2 atom stereocenters. The third-order valence-corrected chi connectivity index (χ3v) is 4.74. The summed E-state index contributed by atoms with van der Waals surface area (Å²) in [6.07, 6.45) is 5.24. The Hall–Kier alpha value is -0.0400. The van der Waals surface area contributed by atoms with E-state index >= 15 is 0 Å². The van der Waals surface area contributed by atoms with Gasteiger partial charge >= 0.3 is 0 Å². The van der Waals surface area contributed by atoms with Crippen molar-refractivity contribution in [3.8, 4) is 0 Å². The molecule has 1 saturated carbocycles. The van der Waals surface area contributed by atoms with E-state index in [1.54, 1.807) is 0 Å². The van der Waals surface area contributed by atoms with Crippen LogP contribution in [-0.4, -0.2) is 49.6 Å². The van der Waals surface area contributed by atoms with Crippen molar-refractivity contribution in [2.45, 2.75) is 52.5 Å². The minimum Gasteiger partial charge on any atom is -0.357 e. The van der Waals surface area contributed by atoms with Crippen LogP contribution in [0.1, 0.15) is 46.5 Å². The lowest BCUT2D eigenvalue weighted by molar-refractivity contribution is 0.188. The lowest BCUT2D eigenvalue weighted by Gasteiger charge is -2.30. The summed E-state index contributed by atoms with van der Waals surface area (Å²) in [6.45, 7) is 12.4. The number of halogens is 1. The standard InChI is InChI=1S/C16H32N4.HI/c1-4-17-16(19-15-12-13(15)3)18-9-6-14-7-10-20(5-2)11-8-14;/h13-15H,4-12H2,1-3H3,(H2,17,18,19);1H. The van der Waals surface area contributed by atoms with E-state index in [2.05, 4.69) is 36.3 Å². The highest BCUT2D eigenvalue weighted by Crippen LogP contribution is 2.28. The largest absolute Gasteiger partial charge is 0.357 e. The topological polar surface area (TPSA) is 39.7 Å². The van der Waals surface area contributed by atoms with Gasteiger partial charge < -0.3 is 15.5 Å². The fourth-order valence-electron chi connectivity index (χ4n) is 2.97. The van der Waals surface area contributed by atoms with Crippen molar-refractivity contribution in [3.63, 3.8) is 0 Å². The summed E-state index contributed by atoms with van der Waals surface area (Å²) in [4.78, 5) is 7.30. The summed E-state index contributed by atoms with van der Waals surface area (Å²) >= 11 is 0. The smallest absolute Gasteiger partial charge is 0.191 e. The zero-order valence-electron chi connectivity index (χ0n) is 13.9. The second-order valence-electron chi connectivity index (χ2n) is 6.39. The molecule has 2 unspecified atom stereocenters. The summed E-state index contributed by atoms with van der Waals surface area (Å²) in [5, 5.41) is 6.89. The summed E-state index contributed by atoms with van der Waals surface area (Å²) in [5.41, 5.74) is 0. The number of guanidine groups is 1. The van der Waals surface area contributed by atoms with Crippen LogP contribution in [0.4, 0.5) is 0 Å². The van der Waals surface area contributed by atoms with Gasteiger partial charge in [0.25, 0.3) is 0 Å². The van der Waals surface area contributed by atoms with E-state index in [4.69, 9.17) is 4.99 Å². The molecule has 2 fully saturated rings. The lowest BCUT2D eigenvalue weighted by Crippen LogP contribution is -2.39. The SMILES string of the molecule is CCNC(=NCCC1CCN(CC)CC1)NC1CC1C.I. The van der Waals surface area contributed by atoms with Crippen LogP contribution in [0.15, 0.2) is 4.99 Å². The van der Waals surface area contributed by atoms with Crippen molar-refractivity contribution in [1.82, 2.24) is 15.5 Å². The Bertz CT molecular complexity index is 313. The number of nitrogens with zero attached hydrogens (tertiary/aromatic N) is 2. The number of piperidine rings is 1. The van der Waals surface area contributed by atoms with Gasteiger partial charge in [-0.1, -0.05) is 13.8 Å². The number of rotatable bonds is 6.